The predicted molar refractivity (Wildman–Crippen MR) is 377 cm³/mol. The van der Waals surface area contributed by atoms with Crippen LogP contribution in [0.25, 0.3) is 10.8 Å². The molecule has 0 heterocycles. The molecule has 73 heavy (non-hydrogen) atoms. The van der Waals surface area contributed by atoms with E-state index >= 15 is 0 Å². The average Bonchev–Trinajstić information content (AvgIpc) is 3.41. The Balaban J connectivity index is -0.0000000337. The summed E-state index contributed by atoms with van der Waals surface area (Å²) < 4.78 is 17.5. The minimum atomic E-state index is -0.752. The van der Waals surface area contributed by atoms with Crippen LogP contribution >= 0.6 is 0 Å². The van der Waals surface area contributed by atoms with E-state index in [1.165, 1.54) is 0 Å². The van der Waals surface area contributed by atoms with Gasteiger partial charge in [-0.15, -0.1) is 12.8 Å². The lowest BCUT2D eigenvalue weighted by Crippen LogP contribution is -2.00. The molecule has 4 aromatic rings. The zero-order valence-electron chi connectivity index (χ0n) is 38.1. The number of fused-ring (bicyclic) bond motifs is 1. The van der Waals surface area contributed by atoms with Gasteiger partial charge >= 0.3 is 0 Å². The van der Waals surface area contributed by atoms with Crippen LogP contribution in [0.5, 0.6) is 17.2 Å². The maximum Gasteiger partial charge on any atom is 0.144 e. The van der Waals surface area contributed by atoms with Crippen molar-refractivity contribution in [1.82, 2.24) is 0 Å². The van der Waals surface area contributed by atoms with E-state index in [1.807, 2.05) is 67.6 Å². The van der Waals surface area contributed by atoms with Gasteiger partial charge in [-0.1, -0.05) is 48.0 Å². The summed E-state index contributed by atoms with van der Waals surface area (Å²) in [6.07, 6.45) is 14.3. The van der Waals surface area contributed by atoms with Crippen molar-refractivity contribution < 1.29 is 82.1 Å². The number of aliphatic hydroxyl groups is 1. The maximum atomic E-state index is 11.0. The number of ether oxygens (including phenoxy) is 3. The molecule has 4 nitrogen and oxygen atoms in total. The molecule has 1 atom stereocenters. The van der Waals surface area contributed by atoms with Gasteiger partial charge in [0.2, 0.25) is 0 Å². The summed E-state index contributed by atoms with van der Waals surface area (Å²) >= 11 is 0. The summed E-state index contributed by atoms with van der Waals surface area (Å²) in [5.74, 6) is 101. The second kappa shape index (κ2) is 34.2. The van der Waals surface area contributed by atoms with E-state index in [9.17, 15) is 5.11 Å². The number of aliphatic hydroxyl groups excluding tert-OH is 1. The summed E-state index contributed by atoms with van der Waals surface area (Å²) in [6, 6.07) is 24.4. The average molecular weight is 1000 g/mol. The van der Waals surface area contributed by atoms with Gasteiger partial charge in [0.05, 0.1) is 0 Å². The predicted octanol–water partition coefficient (Wildman–Crippen LogP) is 16.6. The van der Waals surface area contributed by atoms with Crippen molar-refractivity contribution in [2.75, 3.05) is 0 Å². The Labute approximate surface area is 493 Å². The lowest BCUT2D eigenvalue weighted by molar-refractivity contribution is 0.220. The van der Waals surface area contributed by atoms with Crippen molar-refractivity contribution in [3.05, 3.63) is 101 Å². The first-order valence-corrected chi connectivity index (χ1v) is 20.4. The Morgan fingerprint density at radius 2 is 0.699 bits per heavy atom. The van der Waals surface area contributed by atoms with Crippen LogP contribution in [0.15, 0.2) is 78.9 Å². The number of aryl methyl sites for hydroxylation is 1. The van der Waals surface area contributed by atoms with Crippen LogP contribution in [-0.2, 0) is 6.61 Å². The molecular formula is C69H110O4. The van der Waals surface area contributed by atoms with Gasteiger partial charge < -0.3 is 19.3 Å². The molecule has 0 radical (unpaired) electrons. The first-order valence-electron chi connectivity index (χ1n) is 20.4. The molecular weight excluding hydrogens is 893 g/mol. The third-order valence-electron chi connectivity index (χ3n) is 7.72. The van der Waals surface area contributed by atoms with Crippen molar-refractivity contribution in [1.29, 1.82) is 0 Å². The Morgan fingerprint density at radius 1 is 0.370 bits per heavy atom. The molecule has 0 aliphatic rings. The highest BCUT2D eigenvalue weighted by molar-refractivity contribution is 5.84. The van der Waals surface area contributed by atoms with E-state index in [1.54, 1.807) is 18.2 Å². The van der Waals surface area contributed by atoms with Gasteiger partial charge in [0.1, 0.15) is 42.2 Å². The van der Waals surface area contributed by atoms with Crippen LogP contribution in [0.4, 0.5) is 0 Å². The van der Waals surface area contributed by atoms with Gasteiger partial charge in [-0.2, -0.15) is 0 Å². The van der Waals surface area contributed by atoms with Gasteiger partial charge in [-0.3, -0.25) is 0 Å². The van der Waals surface area contributed by atoms with Gasteiger partial charge in [0, 0.05) is 211 Å². The second-order valence-electron chi connectivity index (χ2n) is 12.6. The number of hydrogen-bond donors (Lipinski definition) is 1. The SMILES string of the molecule is C#CC#CC#CC#CC#CC#CC#CC#CC#CC#CC#COc1cc(COc2ccc3cc(C(O)c4ccc(C)cc4)ccc3c2)cc(OC#CC#CC#CC#CC#CC#CC#CC#CC#CC#CC#C)c1.[HH].[HH].[HH].[HH].[HH].[HH].[HH].[HH].[HH].[HH].[HH].[HH].[HH].[HH].[HH].[HH].[HH].[HH].[HH].[HH].[HH].[HH].[HH].[HH].[HH].[HH].[HH].[HH].[HH].[HH].[HH].[HH].[HH].[HH].[HH].[HH].[HH].[HH].[HH].[HH].[HH].[HH].[HH].[HH]. The van der Waals surface area contributed by atoms with Crippen LogP contribution in [0.1, 0.15) is 91.1 Å². The molecule has 0 fully saturated rings. The number of benzene rings is 4. The van der Waals surface area contributed by atoms with Gasteiger partial charge in [0.15, 0.2) is 0 Å². The molecule has 1 N–H and O–H groups in total. The molecule has 0 saturated heterocycles. The lowest BCUT2D eigenvalue weighted by atomic mass is 9.98. The standard InChI is InChI=1S/C69H22O4.44H2/c1-4-6-8-10-12-14-16-18-20-22-24-26-28-30-32-34-36-38-40-42-52-71-67-54-61(59-73-66-51-50-63-56-65(49-48-64(63)57-66)69(70)62-46-44-60(3)45-47-62)55-68(58-67)72-53-43-41-39-37-35-33-31-29-27-25-23-21-19-17-15-13-11-9-7-5-2;;;;;;;;;;;;;;;;;;;;;;;;;;;;;;;;;;;;;;;;;;;;/h1-2,44-51,54-58,69-70H,59H2,3H3;44*1H. The van der Waals surface area contributed by atoms with Crippen LogP contribution in [0, 0.1) is 269 Å². The second-order valence-corrected chi connectivity index (χ2v) is 12.6. The first kappa shape index (κ1) is 52.4. The highest BCUT2D eigenvalue weighted by Crippen LogP contribution is 2.29. The summed E-state index contributed by atoms with van der Waals surface area (Å²) in [6.45, 7) is 2.15. The van der Waals surface area contributed by atoms with E-state index in [0.717, 1.165) is 27.5 Å². The molecule has 4 aromatic carbocycles. The molecule has 410 valence electrons. The monoisotopic (exact) mass is 1000 g/mol. The number of hydrogen-bond acceptors (Lipinski definition) is 4. The van der Waals surface area contributed by atoms with Gasteiger partial charge in [-0.05, 0) is 159 Å². The zero-order valence-corrected chi connectivity index (χ0v) is 38.1. The van der Waals surface area contributed by atoms with Crippen molar-refractivity contribution in [3.8, 4) is 279 Å². The van der Waals surface area contributed by atoms with Crippen LogP contribution < -0.4 is 14.2 Å². The molecule has 0 saturated carbocycles. The molecule has 4 rings (SSSR count). The fraction of sp³-hybridized carbons (Fsp3) is 0.0435. The smallest absolute Gasteiger partial charge is 0.144 e. The van der Waals surface area contributed by atoms with E-state index < -0.39 is 6.10 Å². The molecule has 4 heteroatoms. The van der Waals surface area contributed by atoms with Crippen molar-refractivity contribution in [2.45, 2.75) is 19.6 Å². The molecule has 0 aliphatic heterocycles. The third kappa shape index (κ3) is 23.5. The first-order chi connectivity index (χ1) is 36.1. The topological polar surface area (TPSA) is 47.9 Å². The lowest BCUT2D eigenvalue weighted by Gasteiger charge is -2.13. The van der Waals surface area contributed by atoms with Gasteiger partial charge in [-0.25, -0.2) is 0 Å². The zero-order chi connectivity index (χ0) is 51.5. The van der Waals surface area contributed by atoms with Crippen molar-refractivity contribution in [3.63, 3.8) is 0 Å². The van der Waals surface area contributed by atoms with Crippen LogP contribution in [-0.4, -0.2) is 5.11 Å². The summed E-state index contributed by atoms with van der Waals surface area (Å²) in [4.78, 5) is 0. The van der Waals surface area contributed by atoms with E-state index in [4.69, 9.17) is 27.1 Å². The highest BCUT2D eigenvalue weighted by Gasteiger charge is 2.11. The largest absolute Gasteiger partial charge is 0.489 e. The van der Waals surface area contributed by atoms with E-state index in [0.29, 0.717) is 22.8 Å². The molecule has 0 bridgehead atoms. The van der Waals surface area contributed by atoms with E-state index in [2.05, 4.69) is 249 Å². The molecule has 0 amide bonds. The fourth-order valence-corrected chi connectivity index (χ4v) is 4.80. The molecule has 0 aliphatic carbocycles. The van der Waals surface area contributed by atoms with Crippen LogP contribution in [0.3, 0.4) is 0 Å². The van der Waals surface area contributed by atoms with Crippen molar-refractivity contribution in [2.24, 2.45) is 0 Å². The normalized spacial score (nSPS) is 7.29. The Bertz CT molecular complexity index is 4220. The van der Waals surface area contributed by atoms with Crippen LogP contribution in [0.2, 0.25) is 0 Å². The molecule has 1 unspecified atom stereocenters. The summed E-state index contributed by atoms with van der Waals surface area (Å²) in [5.41, 5.74) is 3.41. The minimum absolute atomic E-state index is 0. The molecule has 0 spiro atoms. The van der Waals surface area contributed by atoms with Crippen molar-refractivity contribution >= 4 is 10.8 Å². The third-order valence-corrected chi connectivity index (χ3v) is 7.72. The highest BCUT2D eigenvalue weighted by atomic mass is 16.5. The molecule has 0 aromatic heterocycles. The summed E-state index contributed by atoms with van der Waals surface area (Å²) in [5, 5.41) is 12.9. The maximum absolute atomic E-state index is 11.0. The number of rotatable bonds is 7. The van der Waals surface area contributed by atoms with Gasteiger partial charge in [0.25, 0.3) is 0 Å². The number of terminal acetylenes is 2. The fourth-order valence-electron chi connectivity index (χ4n) is 4.80. The quantitative estimate of drug-likeness (QED) is 0.187. The Morgan fingerprint density at radius 3 is 1.08 bits per heavy atom. The Hall–Kier alpha value is -13.2. The Kier molecular flexibility index (Phi) is 24.6. The summed E-state index contributed by atoms with van der Waals surface area (Å²) in [7, 11) is 0. The minimum Gasteiger partial charge on any atom is -0.489 e. The van der Waals surface area contributed by atoms with E-state index in [-0.39, 0.29) is 69.4 Å².